The first-order valence-corrected chi connectivity index (χ1v) is 27.2. The molecule has 0 radical (unpaired) electrons. The number of carbonyl (C=O) groups excluding carboxylic acids is 1. The molecule has 0 saturated carbocycles. The van der Waals surface area contributed by atoms with Crippen molar-refractivity contribution in [1.29, 1.82) is 0 Å². The lowest BCUT2D eigenvalue weighted by Crippen LogP contribution is -2.53. The highest BCUT2D eigenvalue weighted by Crippen LogP contribution is 2.33. The fraction of sp³-hybridized carbons (Fsp3) is 0.444. The lowest BCUT2D eigenvalue weighted by molar-refractivity contribution is -0.188. The molecule has 2 amide bonds. The number of urea groups is 1. The number of benzene rings is 4. The molecule has 5 rings (SSSR count). The first-order chi connectivity index (χ1) is 26.8. The minimum absolute atomic E-state index is 0.000721. The number of ether oxygens (including phenoxy) is 4. The summed E-state index contributed by atoms with van der Waals surface area (Å²) in [6.45, 7) is 15.2. The maximum absolute atomic E-state index is 15.5. The Kier molecular flexibility index (Phi) is 16.0. The van der Waals surface area contributed by atoms with Gasteiger partial charge in [-0.05, 0) is 71.4 Å². The number of rotatable bonds is 20. The lowest BCUT2D eigenvalue weighted by atomic mass is 9.90. The monoisotopic (exact) mass is 802 g/mol. The van der Waals surface area contributed by atoms with Crippen LogP contribution in [0.15, 0.2) is 109 Å². The third-order valence-electron chi connectivity index (χ3n) is 10.1. The van der Waals surface area contributed by atoms with Crippen molar-refractivity contribution in [3.63, 3.8) is 0 Å². The van der Waals surface area contributed by atoms with Crippen molar-refractivity contribution < 1.29 is 32.5 Å². The molecule has 1 aliphatic heterocycles. The van der Waals surface area contributed by atoms with Gasteiger partial charge >= 0.3 is 6.03 Å². The molecule has 1 fully saturated rings. The van der Waals surface area contributed by atoms with Crippen molar-refractivity contribution in [3.05, 3.63) is 143 Å². The van der Waals surface area contributed by atoms with Gasteiger partial charge in [0.25, 0.3) is 0 Å². The SMILES string of the molecule is C[Si](C)(C)CCOCO[C@@H]1[C@@H](OCOCC[Si](C)(C)C)[C@@H](Cc2ccccc2)N(Cc2cccc(F)c2)C(=O)N(Cc2cccc(F)c2)[C@@H]1Cc1ccccc1. The zero-order valence-electron chi connectivity index (χ0n) is 34.0. The summed E-state index contributed by atoms with van der Waals surface area (Å²) in [6, 6.07) is 33.2. The van der Waals surface area contributed by atoms with Gasteiger partial charge in [-0.3, -0.25) is 0 Å². The predicted molar refractivity (Wildman–Crippen MR) is 225 cm³/mol. The van der Waals surface area contributed by atoms with Gasteiger partial charge in [0.15, 0.2) is 0 Å². The van der Waals surface area contributed by atoms with Crippen LogP contribution >= 0.6 is 0 Å². The highest BCUT2D eigenvalue weighted by molar-refractivity contribution is 6.76. The molecule has 1 saturated heterocycles. The van der Waals surface area contributed by atoms with E-state index < -0.39 is 40.4 Å². The second-order valence-corrected chi connectivity index (χ2v) is 28.5. The minimum Gasteiger partial charge on any atom is -0.356 e. The minimum atomic E-state index is -1.38. The number of nitrogens with zero attached hydrogens (tertiary/aromatic N) is 2. The van der Waals surface area contributed by atoms with E-state index in [0.717, 1.165) is 23.2 Å². The summed E-state index contributed by atoms with van der Waals surface area (Å²) in [4.78, 5) is 19.1. The summed E-state index contributed by atoms with van der Waals surface area (Å²) in [7, 11) is -2.76. The summed E-state index contributed by atoms with van der Waals surface area (Å²) in [5, 5.41) is 0. The van der Waals surface area contributed by atoms with Crippen LogP contribution in [0.3, 0.4) is 0 Å². The average Bonchev–Trinajstić information content (AvgIpc) is 3.21. The Bertz CT molecular complexity index is 1660. The highest BCUT2D eigenvalue weighted by atomic mass is 28.3. The molecule has 7 nitrogen and oxygen atoms in total. The van der Waals surface area contributed by atoms with Gasteiger partial charge in [0, 0.05) is 42.5 Å². The first-order valence-electron chi connectivity index (χ1n) is 19.8. The van der Waals surface area contributed by atoms with Crippen LogP contribution in [-0.4, -0.2) is 83.1 Å². The van der Waals surface area contributed by atoms with Gasteiger partial charge in [0.05, 0.1) is 12.1 Å². The lowest BCUT2D eigenvalue weighted by Gasteiger charge is -2.38. The van der Waals surface area contributed by atoms with Crippen LogP contribution in [0.2, 0.25) is 51.4 Å². The van der Waals surface area contributed by atoms with Crippen LogP contribution in [0.25, 0.3) is 0 Å². The second kappa shape index (κ2) is 20.6. The van der Waals surface area contributed by atoms with Crippen LogP contribution in [0.1, 0.15) is 22.3 Å². The maximum Gasteiger partial charge on any atom is 0.321 e. The van der Waals surface area contributed by atoms with Crippen LogP contribution in [0, 0.1) is 11.6 Å². The largest absolute Gasteiger partial charge is 0.356 e. The van der Waals surface area contributed by atoms with E-state index in [-0.39, 0.29) is 44.3 Å². The summed E-state index contributed by atoms with van der Waals surface area (Å²) in [6.07, 6.45) is -0.536. The van der Waals surface area contributed by atoms with Crippen LogP contribution in [0.5, 0.6) is 0 Å². The molecular weight excluding hydrogens is 743 g/mol. The summed E-state index contributed by atoms with van der Waals surface area (Å²) in [5.74, 6) is -0.772. The molecular formula is C45H60F2N2O5Si2. The highest BCUT2D eigenvalue weighted by Gasteiger charge is 2.49. The maximum atomic E-state index is 15.5. The molecule has 0 spiro atoms. The normalized spacial score (nSPS) is 19.3. The number of halogens is 2. The van der Waals surface area contributed by atoms with Crippen LogP contribution < -0.4 is 0 Å². The molecule has 4 atom stereocenters. The number of hydrogen-bond acceptors (Lipinski definition) is 5. The van der Waals surface area contributed by atoms with Crippen molar-refractivity contribution in [2.45, 2.75) is 102 Å². The van der Waals surface area contributed by atoms with Crippen molar-refractivity contribution in [3.8, 4) is 0 Å². The fourth-order valence-electron chi connectivity index (χ4n) is 6.98. The van der Waals surface area contributed by atoms with Gasteiger partial charge in [-0.25, -0.2) is 13.6 Å². The van der Waals surface area contributed by atoms with Gasteiger partial charge in [0.1, 0.15) is 37.4 Å². The van der Waals surface area contributed by atoms with Gasteiger partial charge < -0.3 is 28.7 Å². The average molecular weight is 803 g/mol. The fourth-order valence-corrected chi connectivity index (χ4v) is 8.49. The zero-order valence-corrected chi connectivity index (χ0v) is 36.0. The molecule has 302 valence electrons. The molecule has 1 aliphatic rings. The van der Waals surface area contributed by atoms with Crippen molar-refractivity contribution in [2.75, 3.05) is 26.8 Å². The number of carbonyl (C=O) groups is 1. The topological polar surface area (TPSA) is 60.5 Å². The van der Waals surface area contributed by atoms with E-state index in [0.29, 0.717) is 37.2 Å². The molecule has 0 aromatic heterocycles. The third kappa shape index (κ3) is 13.7. The van der Waals surface area contributed by atoms with Crippen LogP contribution in [0.4, 0.5) is 13.6 Å². The van der Waals surface area contributed by atoms with E-state index in [1.54, 1.807) is 21.9 Å². The quantitative estimate of drug-likeness (QED) is 0.0506. The van der Waals surface area contributed by atoms with Gasteiger partial charge in [-0.15, -0.1) is 0 Å². The Labute approximate surface area is 334 Å². The van der Waals surface area contributed by atoms with E-state index in [9.17, 15) is 8.78 Å². The standard InChI is InChI=1S/C45H60F2N2O5Si2/c1-55(2,3)25-23-51-33-53-43-41(29-35-15-9-7-10-16-35)48(31-37-19-13-21-39(46)27-37)45(50)49(32-38-20-14-22-40(47)28-38)42(30-36-17-11-8-12-18-36)44(43)54-34-52-24-26-56(4,5)6/h7-22,27-28,41-44H,23-26,29-34H2,1-6H3/t41-,42-,43+,44+/m1/s1. The first kappa shape index (κ1) is 43.4. The Morgan fingerprint density at radius 1 is 0.536 bits per heavy atom. The van der Waals surface area contributed by atoms with Gasteiger partial charge in [-0.1, -0.05) is 124 Å². The smallest absolute Gasteiger partial charge is 0.321 e. The molecule has 4 aromatic carbocycles. The van der Waals surface area contributed by atoms with E-state index >= 15 is 4.79 Å². The summed E-state index contributed by atoms with van der Waals surface area (Å²) in [5.41, 5.74) is 3.29. The second-order valence-electron chi connectivity index (χ2n) is 17.2. The molecule has 0 aliphatic carbocycles. The van der Waals surface area contributed by atoms with E-state index in [4.69, 9.17) is 18.9 Å². The van der Waals surface area contributed by atoms with Crippen molar-refractivity contribution in [2.24, 2.45) is 0 Å². The van der Waals surface area contributed by atoms with Crippen molar-refractivity contribution in [1.82, 2.24) is 9.80 Å². The molecule has 0 N–H and O–H groups in total. The summed E-state index contributed by atoms with van der Waals surface area (Å²) < 4.78 is 55.7. The van der Waals surface area contributed by atoms with E-state index in [1.807, 2.05) is 72.8 Å². The van der Waals surface area contributed by atoms with Crippen molar-refractivity contribution >= 4 is 22.2 Å². The van der Waals surface area contributed by atoms with E-state index in [2.05, 4.69) is 39.3 Å². The molecule has 0 bridgehead atoms. The Morgan fingerprint density at radius 3 is 1.27 bits per heavy atom. The number of hydrogen-bond donors (Lipinski definition) is 0. The van der Waals surface area contributed by atoms with Crippen LogP contribution in [-0.2, 0) is 44.9 Å². The molecule has 0 unspecified atom stereocenters. The van der Waals surface area contributed by atoms with Gasteiger partial charge in [-0.2, -0.15) is 0 Å². The predicted octanol–water partition coefficient (Wildman–Crippen LogP) is 10.0. The Morgan fingerprint density at radius 2 is 0.911 bits per heavy atom. The number of amides is 2. The molecule has 56 heavy (non-hydrogen) atoms. The summed E-state index contributed by atoms with van der Waals surface area (Å²) >= 11 is 0. The Hall–Kier alpha value is -3.72. The molecule has 4 aromatic rings. The van der Waals surface area contributed by atoms with Gasteiger partial charge in [0.2, 0.25) is 0 Å². The zero-order chi connectivity index (χ0) is 40.1. The molecule has 11 heteroatoms. The van der Waals surface area contributed by atoms with E-state index in [1.165, 1.54) is 24.3 Å². The molecule has 1 heterocycles. The third-order valence-corrected chi connectivity index (χ3v) is 13.5. The Balaban J connectivity index is 1.65.